The Morgan fingerprint density at radius 1 is 1.34 bits per heavy atom. The number of aliphatic hydroxyl groups is 2. The zero-order valence-electron chi connectivity index (χ0n) is 18.6. The molecule has 0 bridgehead atoms. The molecule has 0 spiro atoms. The van der Waals surface area contributed by atoms with E-state index in [4.69, 9.17) is 21.1 Å². The van der Waals surface area contributed by atoms with Crippen molar-refractivity contribution in [2.24, 2.45) is 5.92 Å². The van der Waals surface area contributed by atoms with Gasteiger partial charge in [0.2, 0.25) is 5.28 Å². The molecular weight excluding hydrogens is 511 g/mol. The summed E-state index contributed by atoms with van der Waals surface area (Å²) in [4.78, 5) is 39.2. The van der Waals surface area contributed by atoms with E-state index in [-0.39, 0.29) is 30.0 Å². The summed E-state index contributed by atoms with van der Waals surface area (Å²) in [6.07, 6.45) is -1.82. The van der Waals surface area contributed by atoms with Gasteiger partial charge in [-0.05, 0) is 31.4 Å². The lowest BCUT2D eigenvalue weighted by Gasteiger charge is -2.21. The molecule has 0 aromatic carbocycles. The van der Waals surface area contributed by atoms with Crippen LogP contribution in [0.5, 0.6) is 0 Å². The molecule has 1 aliphatic heterocycles. The lowest BCUT2D eigenvalue weighted by Crippen LogP contribution is -2.33. The average Bonchev–Trinajstić information content (AvgIpc) is 3.49. The van der Waals surface area contributed by atoms with E-state index in [1.165, 1.54) is 11.6 Å². The van der Waals surface area contributed by atoms with Crippen molar-refractivity contribution >= 4 is 42.1 Å². The Bertz CT molecular complexity index is 1110. The van der Waals surface area contributed by atoms with Crippen LogP contribution in [0.3, 0.4) is 0 Å². The van der Waals surface area contributed by atoms with Crippen LogP contribution in [0.1, 0.15) is 25.8 Å². The number of carbonyl (C=O) groups excluding carboxylic acids is 1. The largest absolute Gasteiger partial charge is 0.464 e. The van der Waals surface area contributed by atoms with Crippen LogP contribution in [0.25, 0.3) is 11.2 Å². The van der Waals surface area contributed by atoms with Crippen molar-refractivity contribution in [3.8, 4) is 0 Å². The van der Waals surface area contributed by atoms with Gasteiger partial charge in [0.15, 0.2) is 17.0 Å². The Balaban J connectivity index is 1.53. The van der Waals surface area contributed by atoms with Crippen LogP contribution in [0, 0.1) is 5.92 Å². The molecule has 0 amide bonds. The highest BCUT2D eigenvalue weighted by atomic mass is 35.5. The molecule has 2 unspecified atom stereocenters. The molecule has 15 nitrogen and oxygen atoms in total. The number of fused-ring (bicyclic) bond motifs is 1. The van der Waals surface area contributed by atoms with Gasteiger partial charge < -0.3 is 39.5 Å². The van der Waals surface area contributed by atoms with Crippen LogP contribution < -0.4 is 5.32 Å². The summed E-state index contributed by atoms with van der Waals surface area (Å²) in [5.74, 6) is -3.79. The predicted octanol–water partition coefficient (Wildman–Crippen LogP) is -0.558. The van der Waals surface area contributed by atoms with Gasteiger partial charge in [-0.3, -0.25) is 4.57 Å². The highest BCUT2D eigenvalue weighted by Crippen LogP contribution is 2.44. The number of carbonyl (C=O) groups is 1. The van der Waals surface area contributed by atoms with Gasteiger partial charge >= 0.3 is 13.6 Å². The Kier molecular flexibility index (Phi) is 7.88. The lowest BCUT2D eigenvalue weighted by molar-refractivity contribution is -0.153. The molecule has 5 N–H and O–H groups in total. The normalized spacial score (nSPS) is 27.9. The molecule has 35 heavy (non-hydrogen) atoms. The minimum absolute atomic E-state index is 0.0103. The van der Waals surface area contributed by atoms with Gasteiger partial charge in [0.25, 0.3) is 5.85 Å². The van der Waals surface area contributed by atoms with E-state index < -0.39 is 50.2 Å². The number of esters is 1. The third kappa shape index (κ3) is 5.57. The first-order valence-electron chi connectivity index (χ1n) is 10.9. The van der Waals surface area contributed by atoms with E-state index >= 15 is 0 Å². The summed E-state index contributed by atoms with van der Waals surface area (Å²) in [5, 5.41) is 32.6. The summed E-state index contributed by atoms with van der Waals surface area (Å²) in [7, 11) is -4.99. The van der Waals surface area contributed by atoms with E-state index in [0.29, 0.717) is 24.5 Å². The van der Waals surface area contributed by atoms with Gasteiger partial charge in [-0.1, -0.05) is 5.21 Å². The molecule has 0 radical (unpaired) electrons. The SMILES string of the molecule is CCOC(=O)C(OC[C@H]1C[C@@H](n2nnc3c(NC4CCOC4)nc(Cl)nc32)[C@H](O)[C@@H]1O)P(=O)(O)O. The second-order valence-electron chi connectivity index (χ2n) is 8.32. The predicted molar refractivity (Wildman–Crippen MR) is 119 cm³/mol. The molecule has 17 heteroatoms. The van der Waals surface area contributed by atoms with Crippen molar-refractivity contribution < 1.29 is 43.6 Å². The van der Waals surface area contributed by atoms with E-state index in [9.17, 15) is 29.4 Å². The maximum absolute atomic E-state index is 11.9. The molecule has 1 aliphatic carbocycles. The summed E-state index contributed by atoms with van der Waals surface area (Å²) in [6, 6.07) is -0.801. The summed E-state index contributed by atoms with van der Waals surface area (Å²) in [5.41, 5.74) is 0.537. The average molecular weight is 537 g/mol. The van der Waals surface area contributed by atoms with E-state index in [1.807, 2.05) is 0 Å². The first-order chi connectivity index (χ1) is 16.6. The summed E-state index contributed by atoms with van der Waals surface area (Å²) < 4.78 is 28.2. The fraction of sp³-hybridized carbons (Fsp3) is 0.722. The smallest absolute Gasteiger partial charge is 0.365 e. The maximum atomic E-state index is 11.9. The van der Waals surface area contributed by atoms with Gasteiger partial charge in [0.05, 0.1) is 38.0 Å². The molecule has 4 rings (SSSR count). The first-order valence-corrected chi connectivity index (χ1v) is 13.0. The number of nitrogens with one attached hydrogen (secondary N) is 1. The van der Waals surface area contributed by atoms with Crippen molar-refractivity contribution in [2.45, 2.75) is 49.9 Å². The van der Waals surface area contributed by atoms with Crippen molar-refractivity contribution in [1.29, 1.82) is 0 Å². The monoisotopic (exact) mass is 536 g/mol. The molecule has 194 valence electrons. The van der Waals surface area contributed by atoms with Crippen LogP contribution >= 0.6 is 19.2 Å². The molecule has 1 saturated carbocycles. The van der Waals surface area contributed by atoms with Crippen molar-refractivity contribution in [3.63, 3.8) is 0 Å². The lowest BCUT2D eigenvalue weighted by atomic mass is 10.1. The van der Waals surface area contributed by atoms with Crippen LogP contribution in [-0.4, -0.2) is 101 Å². The van der Waals surface area contributed by atoms with E-state index in [2.05, 4.69) is 30.3 Å². The van der Waals surface area contributed by atoms with Gasteiger partial charge in [-0.25, -0.2) is 9.48 Å². The molecule has 2 fully saturated rings. The minimum atomic E-state index is -4.99. The molecular formula is C18H26ClN6O9P. The maximum Gasteiger partial charge on any atom is 0.365 e. The van der Waals surface area contributed by atoms with Crippen molar-refractivity contribution in [2.75, 3.05) is 31.7 Å². The number of anilines is 1. The fourth-order valence-electron chi connectivity index (χ4n) is 4.21. The summed E-state index contributed by atoms with van der Waals surface area (Å²) in [6.45, 7) is 2.06. The fourth-order valence-corrected chi connectivity index (χ4v) is 5.00. The Hall–Kier alpha value is -1.97. The highest BCUT2D eigenvalue weighted by molar-refractivity contribution is 7.53. The number of aliphatic hydroxyl groups excluding tert-OH is 2. The molecule has 3 heterocycles. The topological polar surface area (TPSA) is 211 Å². The Morgan fingerprint density at radius 3 is 2.77 bits per heavy atom. The molecule has 2 aromatic heterocycles. The Morgan fingerprint density at radius 2 is 2.11 bits per heavy atom. The van der Waals surface area contributed by atoms with Crippen LogP contribution in [0.2, 0.25) is 5.28 Å². The van der Waals surface area contributed by atoms with Crippen molar-refractivity contribution in [1.82, 2.24) is 25.0 Å². The van der Waals surface area contributed by atoms with Gasteiger partial charge in [-0.15, -0.1) is 5.10 Å². The third-order valence-corrected chi connectivity index (χ3v) is 7.05. The number of nitrogens with zero attached hydrogens (tertiary/aromatic N) is 5. The van der Waals surface area contributed by atoms with Crippen LogP contribution in [0.15, 0.2) is 0 Å². The molecule has 6 atom stereocenters. The summed E-state index contributed by atoms with van der Waals surface area (Å²) >= 11 is 6.11. The number of halogens is 1. The van der Waals surface area contributed by atoms with Gasteiger partial charge in [0.1, 0.15) is 6.10 Å². The zero-order chi connectivity index (χ0) is 25.3. The minimum Gasteiger partial charge on any atom is -0.464 e. The highest BCUT2D eigenvalue weighted by Gasteiger charge is 2.46. The van der Waals surface area contributed by atoms with Gasteiger partial charge in [0, 0.05) is 12.5 Å². The number of rotatable bonds is 9. The number of aromatic nitrogens is 5. The first kappa shape index (κ1) is 26.1. The number of hydrogen-bond donors (Lipinski definition) is 5. The third-order valence-electron chi connectivity index (χ3n) is 5.91. The second kappa shape index (κ2) is 10.6. The van der Waals surface area contributed by atoms with Crippen LogP contribution in [-0.2, 0) is 23.6 Å². The quantitative estimate of drug-likeness (QED) is 0.154. The Labute approximate surface area is 203 Å². The van der Waals surface area contributed by atoms with Crippen molar-refractivity contribution in [3.05, 3.63) is 5.28 Å². The standard InChI is InChI=1S/C18H26ClN6O9P/c1-2-33-16(28)17(35(29,30)31)34-6-8-5-10(13(27)12(8)26)25-15-11(23-24-25)14(21-18(19)22-15)20-9-3-4-32-7-9/h8-10,12-13,17,26-27H,2-7H2,1H3,(H,20,21,22)(H2,29,30,31)/t8-,9?,10-,12-,13+,17?/m1/s1. The van der Waals surface area contributed by atoms with E-state index in [0.717, 1.165) is 6.42 Å². The van der Waals surface area contributed by atoms with Gasteiger partial charge in [-0.2, -0.15) is 9.97 Å². The number of ether oxygens (including phenoxy) is 3. The van der Waals surface area contributed by atoms with Crippen LogP contribution in [0.4, 0.5) is 5.82 Å². The van der Waals surface area contributed by atoms with E-state index in [1.54, 1.807) is 0 Å². The second-order valence-corrected chi connectivity index (χ2v) is 10.3. The zero-order valence-corrected chi connectivity index (χ0v) is 20.2. The molecule has 2 aliphatic rings. The number of hydrogen-bond acceptors (Lipinski definition) is 12. The molecule has 1 saturated heterocycles. The molecule has 2 aromatic rings.